The van der Waals surface area contributed by atoms with E-state index in [1.165, 1.54) is 0 Å². The van der Waals surface area contributed by atoms with E-state index in [2.05, 4.69) is 5.73 Å². The summed E-state index contributed by atoms with van der Waals surface area (Å²) in [6.45, 7) is 1.13. The van der Waals surface area contributed by atoms with Crippen LogP contribution in [0.5, 0.6) is 0 Å². The van der Waals surface area contributed by atoms with Crippen molar-refractivity contribution in [2.24, 2.45) is 5.73 Å². The van der Waals surface area contributed by atoms with Crippen molar-refractivity contribution in [3.63, 3.8) is 0 Å². The lowest BCUT2D eigenvalue weighted by Crippen LogP contribution is -2.36. The van der Waals surface area contributed by atoms with E-state index in [4.69, 9.17) is 19.9 Å². The van der Waals surface area contributed by atoms with E-state index in [0.717, 1.165) is 0 Å². The molecule has 0 fully saturated rings. The Balaban J connectivity index is 0. The molecule has 0 unspecified atom stereocenters. The van der Waals surface area contributed by atoms with E-state index < -0.39 is 22.6 Å². The lowest BCUT2D eigenvalue weighted by molar-refractivity contribution is -0.302. The molecule has 7 nitrogen and oxygen atoms in total. The molecule has 8 heteroatoms. The van der Waals surface area contributed by atoms with Gasteiger partial charge in [0, 0.05) is 0 Å². The Morgan fingerprint density at radius 1 is 1.31 bits per heavy atom. The second-order valence-corrected chi connectivity index (χ2v) is 3.84. The summed E-state index contributed by atoms with van der Waals surface area (Å²) in [5.41, 5.74) is 4.56. The smallest absolute Gasteiger partial charge is 0.288 e. The van der Waals surface area contributed by atoms with Crippen molar-refractivity contribution < 1.29 is 28.3 Å². The maximum absolute atomic E-state index is 9.79. The summed E-state index contributed by atoms with van der Waals surface area (Å²) in [7, 11) is -3.67. The highest BCUT2D eigenvalue weighted by Crippen LogP contribution is 1.83. The molecule has 0 spiro atoms. The summed E-state index contributed by atoms with van der Waals surface area (Å²) in [5, 5.41) is 23.4. The van der Waals surface area contributed by atoms with E-state index in [1.807, 2.05) is 0 Å². The lowest BCUT2D eigenvalue weighted by Gasteiger charge is -2.07. The third kappa shape index (κ3) is 24.5. The molecule has 0 aromatic carbocycles. The lowest BCUT2D eigenvalue weighted by atomic mass is 10.6. The second-order valence-electron chi connectivity index (χ2n) is 2.26. The molecule has 82 valence electrons. The van der Waals surface area contributed by atoms with Gasteiger partial charge < -0.3 is 21.1 Å². The molecule has 0 aliphatic rings. The number of nitrogens with two attached hydrogens (primary N) is 1. The maximum Gasteiger partial charge on any atom is 0.288 e. The highest BCUT2D eigenvalue weighted by atomic mass is 32.2. The SMILES string of the molecule is CCCS(=O)(=O)O.NCC(O)(O)O. The molecule has 0 radical (unpaired) electrons. The minimum absolute atomic E-state index is 0.132. The third-order valence-corrected chi connectivity index (χ3v) is 1.66. The molecule has 0 aromatic heterocycles. The largest absolute Gasteiger partial charge is 0.343 e. The Morgan fingerprint density at radius 3 is 1.62 bits per heavy atom. The van der Waals surface area contributed by atoms with Crippen molar-refractivity contribution in [1.29, 1.82) is 0 Å². The van der Waals surface area contributed by atoms with Crippen LogP contribution in [0.2, 0.25) is 0 Å². The van der Waals surface area contributed by atoms with Crippen LogP contribution in [-0.4, -0.2) is 46.6 Å². The first-order valence-electron chi connectivity index (χ1n) is 3.44. The van der Waals surface area contributed by atoms with E-state index in [9.17, 15) is 8.42 Å². The molecule has 0 aliphatic carbocycles. The quantitative estimate of drug-likeness (QED) is 0.268. The molecule has 0 heterocycles. The monoisotopic (exact) mass is 217 g/mol. The molecule has 0 aromatic rings. The molecule has 0 bridgehead atoms. The summed E-state index contributed by atoms with van der Waals surface area (Å²) in [6.07, 6.45) is 0.471. The molecule has 0 saturated heterocycles. The van der Waals surface area contributed by atoms with Gasteiger partial charge in [0.1, 0.15) is 0 Å². The van der Waals surface area contributed by atoms with E-state index in [-0.39, 0.29) is 5.75 Å². The van der Waals surface area contributed by atoms with Crippen LogP contribution in [0.4, 0.5) is 0 Å². The number of aliphatic hydroxyl groups is 3. The predicted octanol–water partition coefficient (Wildman–Crippen LogP) is -2.14. The first kappa shape index (κ1) is 15.2. The van der Waals surface area contributed by atoms with Crippen LogP contribution in [0, 0.1) is 0 Å². The van der Waals surface area contributed by atoms with E-state index >= 15 is 0 Å². The van der Waals surface area contributed by atoms with Crippen molar-refractivity contribution in [2.45, 2.75) is 19.3 Å². The van der Waals surface area contributed by atoms with Crippen LogP contribution >= 0.6 is 0 Å². The summed E-state index contributed by atoms with van der Waals surface area (Å²) in [5.74, 6) is -2.81. The first-order valence-corrected chi connectivity index (χ1v) is 5.05. The van der Waals surface area contributed by atoms with Gasteiger partial charge in [-0.05, 0) is 6.42 Å². The van der Waals surface area contributed by atoms with Crippen molar-refractivity contribution in [3.8, 4) is 0 Å². The Morgan fingerprint density at radius 2 is 1.62 bits per heavy atom. The van der Waals surface area contributed by atoms with Gasteiger partial charge in [-0.15, -0.1) is 0 Å². The zero-order valence-corrected chi connectivity index (χ0v) is 8.03. The molecule has 0 atom stereocenters. The normalized spacial score (nSPS) is 11.8. The minimum Gasteiger partial charge on any atom is -0.343 e. The van der Waals surface area contributed by atoms with Crippen LogP contribution in [0.3, 0.4) is 0 Å². The fourth-order valence-corrected chi connectivity index (χ4v) is 0.774. The molecule has 0 aliphatic heterocycles. The molecule has 0 rings (SSSR count). The topological polar surface area (TPSA) is 141 Å². The van der Waals surface area contributed by atoms with E-state index in [0.29, 0.717) is 6.42 Å². The molecular formula is C5H15NO6S. The predicted molar refractivity (Wildman–Crippen MR) is 45.1 cm³/mol. The summed E-state index contributed by atoms with van der Waals surface area (Å²) < 4.78 is 27.6. The third-order valence-electron chi connectivity index (χ3n) is 0.736. The first-order chi connectivity index (χ1) is 5.62. The van der Waals surface area contributed by atoms with Crippen LogP contribution < -0.4 is 5.73 Å². The van der Waals surface area contributed by atoms with Gasteiger partial charge in [-0.2, -0.15) is 8.42 Å². The van der Waals surface area contributed by atoms with Crippen molar-refractivity contribution >= 4 is 10.1 Å². The van der Waals surface area contributed by atoms with Gasteiger partial charge >= 0.3 is 0 Å². The molecule has 0 saturated carbocycles. The summed E-state index contributed by atoms with van der Waals surface area (Å²) in [6, 6.07) is 0. The Labute approximate surface area is 76.6 Å². The van der Waals surface area contributed by atoms with Gasteiger partial charge in [-0.25, -0.2) is 0 Å². The number of hydrogen-bond donors (Lipinski definition) is 5. The Hall–Kier alpha value is -0.250. The highest BCUT2D eigenvalue weighted by Gasteiger charge is 2.12. The van der Waals surface area contributed by atoms with E-state index in [1.54, 1.807) is 6.92 Å². The fraction of sp³-hybridized carbons (Fsp3) is 1.00. The number of hydrogen-bond acceptors (Lipinski definition) is 6. The van der Waals surface area contributed by atoms with Gasteiger partial charge in [0.05, 0.1) is 12.3 Å². The van der Waals surface area contributed by atoms with Crippen LogP contribution in [0.25, 0.3) is 0 Å². The maximum atomic E-state index is 9.79. The summed E-state index contributed by atoms with van der Waals surface area (Å²) >= 11 is 0. The fourth-order valence-electron chi connectivity index (χ4n) is 0.258. The van der Waals surface area contributed by atoms with Crippen LogP contribution in [0.15, 0.2) is 0 Å². The minimum atomic E-state index is -3.67. The molecule has 13 heavy (non-hydrogen) atoms. The van der Waals surface area contributed by atoms with Crippen molar-refractivity contribution in [3.05, 3.63) is 0 Å². The molecule has 0 amide bonds. The zero-order valence-electron chi connectivity index (χ0n) is 7.21. The van der Waals surface area contributed by atoms with Gasteiger partial charge in [-0.3, -0.25) is 4.55 Å². The van der Waals surface area contributed by atoms with Gasteiger partial charge in [0.15, 0.2) is 0 Å². The number of rotatable bonds is 3. The average molecular weight is 217 g/mol. The Bertz CT molecular complexity index is 206. The zero-order chi connectivity index (χ0) is 11.1. The van der Waals surface area contributed by atoms with Crippen LogP contribution in [-0.2, 0) is 10.1 Å². The summed E-state index contributed by atoms with van der Waals surface area (Å²) in [4.78, 5) is 0. The Kier molecular flexibility index (Phi) is 7.31. The average Bonchev–Trinajstić information content (AvgIpc) is 1.84. The van der Waals surface area contributed by atoms with Crippen molar-refractivity contribution in [2.75, 3.05) is 12.3 Å². The van der Waals surface area contributed by atoms with Crippen molar-refractivity contribution in [1.82, 2.24) is 0 Å². The van der Waals surface area contributed by atoms with Gasteiger partial charge in [-0.1, -0.05) is 6.92 Å². The standard InChI is InChI=1S/C3H8O3S.C2H7NO3/c1-2-3-7(4,5)6;3-1-2(4,5)6/h2-3H2,1H3,(H,4,5,6);4-6H,1,3H2. The second kappa shape index (κ2) is 6.24. The molecule has 6 N–H and O–H groups in total. The molecular weight excluding hydrogens is 202 g/mol. The van der Waals surface area contributed by atoms with Crippen LogP contribution in [0.1, 0.15) is 13.3 Å². The van der Waals surface area contributed by atoms with Gasteiger partial charge in [0.2, 0.25) is 0 Å². The highest BCUT2D eigenvalue weighted by molar-refractivity contribution is 7.85. The van der Waals surface area contributed by atoms with Gasteiger partial charge in [0.25, 0.3) is 16.1 Å².